The van der Waals surface area contributed by atoms with E-state index in [1.54, 1.807) is 19.1 Å². The van der Waals surface area contributed by atoms with Crippen molar-refractivity contribution in [1.82, 2.24) is 14.9 Å². The van der Waals surface area contributed by atoms with Crippen molar-refractivity contribution in [2.45, 2.75) is 19.1 Å². The zero-order valence-electron chi connectivity index (χ0n) is 14.8. The number of nitrogens with one attached hydrogen (secondary N) is 1. The Bertz CT molecular complexity index is 1130. The number of amides is 1. The second kappa shape index (κ2) is 7.27. The van der Waals surface area contributed by atoms with E-state index in [0.29, 0.717) is 15.9 Å². The third-order valence-electron chi connectivity index (χ3n) is 4.26. The zero-order valence-corrected chi connectivity index (χ0v) is 15.6. The lowest BCUT2D eigenvalue weighted by Crippen LogP contribution is -2.32. The van der Waals surface area contributed by atoms with Crippen LogP contribution in [0.5, 0.6) is 0 Å². The minimum atomic E-state index is -4.55. The van der Waals surface area contributed by atoms with Crippen molar-refractivity contribution in [1.29, 1.82) is 0 Å². The summed E-state index contributed by atoms with van der Waals surface area (Å²) in [7, 11) is 1.51. The van der Waals surface area contributed by atoms with Gasteiger partial charge in [-0.05, 0) is 43.3 Å². The average Bonchev–Trinajstić information content (AvgIpc) is 2.63. The summed E-state index contributed by atoms with van der Waals surface area (Å²) in [6.07, 6.45) is -4.55. The molecule has 1 aromatic heterocycles. The van der Waals surface area contributed by atoms with Crippen LogP contribution >= 0.6 is 11.6 Å². The van der Waals surface area contributed by atoms with Gasteiger partial charge in [-0.25, -0.2) is 4.98 Å². The summed E-state index contributed by atoms with van der Waals surface area (Å²) in [4.78, 5) is 29.3. The fraction of sp³-hybridized carbons (Fsp3) is 0.211. The van der Waals surface area contributed by atoms with Crippen molar-refractivity contribution < 1.29 is 18.0 Å². The number of carbonyl (C=O) groups excluding carboxylic acids is 1. The molecule has 1 heterocycles. The van der Waals surface area contributed by atoms with Crippen molar-refractivity contribution in [3.63, 3.8) is 0 Å². The third-order valence-corrected chi connectivity index (χ3v) is 4.50. The summed E-state index contributed by atoms with van der Waals surface area (Å²) < 4.78 is 39.8. The number of benzene rings is 2. The molecule has 0 fully saturated rings. The summed E-state index contributed by atoms with van der Waals surface area (Å²) in [6, 6.07) is 8.03. The Hall–Kier alpha value is -2.87. The maximum atomic E-state index is 12.8. The molecule has 0 aliphatic rings. The van der Waals surface area contributed by atoms with Crippen LogP contribution in [-0.2, 0) is 13.2 Å². The van der Waals surface area contributed by atoms with Gasteiger partial charge in [0, 0.05) is 17.6 Å². The Morgan fingerprint density at radius 1 is 1.21 bits per heavy atom. The molecule has 3 rings (SSSR count). The Morgan fingerprint density at radius 3 is 2.61 bits per heavy atom. The summed E-state index contributed by atoms with van der Waals surface area (Å²) in [5.74, 6) is -0.459. The molecule has 9 heteroatoms. The highest BCUT2D eigenvalue weighted by Crippen LogP contribution is 2.29. The normalized spacial score (nSPS) is 12.8. The number of rotatable bonds is 3. The molecule has 0 spiro atoms. The summed E-state index contributed by atoms with van der Waals surface area (Å²) in [5, 5.41) is 3.35. The number of aromatic nitrogens is 2. The number of hydrogen-bond acceptors (Lipinski definition) is 3. The van der Waals surface area contributed by atoms with E-state index >= 15 is 0 Å². The molecule has 0 saturated heterocycles. The van der Waals surface area contributed by atoms with Crippen LogP contribution in [0.15, 0.2) is 47.3 Å². The highest BCUT2D eigenvalue weighted by atomic mass is 35.5. The van der Waals surface area contributed by atoms with E-state index < -0.39 is 23.7 Å². The molecular formula is C19H15ClF3N3O2. The first-order valence-electron chi connectivity index (χ1n) is 8.22. The molecule has 0 radical (unpaired) electrons. The largest absolute Gasteiger partial charge is 0.416 e. The van der Waals surface area contributed by atoms with Crippen LogP contribution in [0.3, 0.4) is 0 Å². The first-order valence-corrected chi connectivity index (χ1v) is 8.60. The smallest absolute Gasteiger partial charge is 0.342 e. The molecule has 0 aliphatic heterocycles. The van der Waals surface area contributed by atoms with Gasteiger partial charge in [0.25, 0.3) is 11.5 Å². The van der Waals surface area contributed by atoms with Crippen LogP contribution in [0.2, 0.25) is 5.02 Å². The summed E-state index contributed by atoms with van der Waals surface area (Å²) in [5.41, 5.74) is -1.02. The molecule has 0 saturated carbocycles. The molecule has 146 valence electrons. The molecular weight excluding hydrogens is 395 g/mol. The van der Waals surface area contributed by atoms with Gasteiger partial charge in [-0.2, -0.15) is 13.2 Å². The van der Waals surface area contributed by atoms with Gasteiger partial charge in [0.1, 0.15) is 5.82 Å². The number of nitrogens with zero attached hydrogens (tertiary/aromatic N) is 2. The number of fused-ring (bicyclic) bond motifs is 1. The standard InChI is InChI=1S/C19H15ClF3N3O2/c1-10(24-17(27)11-4-3-5-12(8-11)19(21,22)23)16-25-15-9-13(20)6-7-14(15)18(28)26(16)2/h3-10H,1-2H3,(H,24,27)/t10-/m0/s1. The third kappa shape index (κ3) is 3.87. The maximum absolute atomic E-state index is 12.8. The second-order valence-electron chi connectivity index (χ2n) is 6.27. The molecule has 1 N–H and O–H groups in total. The minimum absolute atomic E-state index is 0.143. The van der Waals surface area contributed by atoms with Crippen LogP contribution in [0.1, 0.15) is 34.7 Å². The molecule has 0 aliphatic carbocycles. The topological polar surface area (TPSA) is 64.0 Å². The van der Waals surface area contributed by atoms with Gasteiger partial charge >= 0.3 is 6.18 Å². The maximum Gasteiger partial charge on any atom is 0.416 e. The van der Waals surface area contributed by atoms with Crippen LogP contribution < -0.4 is 10.9 Å². The predicted molar refractivity (Wildman–Crippen MR) is 99.3 cm³/mol. The second-order valence-corrected chi connectivity index (χ2v) is 6.71. The minimum Gasteiger partial charge on any atom is -0.342 e. The summed E-state index contributed by atoms with van der Waals surface area (Å²) in [6.45, 7) is 1.59. The monoisotopic (exact) mass is 409 g/mol. The van der Waals surface area contributed by atoms with Crippen molar-refractivity contribution in [2.75, 3.05) is 0 Å². The van der Waals surface area contributed by atoms with Crippen molar-refractivity contribution >= 4 is 28.4 Å². The van der Waals surface area contributed by atoms with Crippen molar-refractivity contribution in [3.8, 4) is 0 Å². The lowest BCUT2D eigenvalue weighted by molar-refractivity contribution is -0.137. The molecule has 3 aromatic rings. The molecule has 1 amide bonds. The van der Waals surface area contributed by atoms with Gasteiger partial charge in [-0.15, -0.1) is 0 Å². The van der Waals surface area contributed by atoms with E-state index in [1.165, 1.54) is 23.7 Å². The number of alkyl halides is 3. The van der Waals surface area contributed by atoms with Gasteiger partial charge in [0.05, 0.1) is 22.5 Å². The number of hydrogen-bond donors (Lipinski definition) is 1. The lowest BCUT2D eigenvalue weighted by Gasteiger charge is -2.17. The fourth-order valence-corrected chi connectivity index (χ4v) is 3.00. The quantitative estimate of drug-likeness (QED) is 0.708. The van der Waals surface area contributed by atoms with E-state index in [2.05, 4.69) is 10.3 Å². The van der Waals surface area contributed by atoms with Gasteiger partial charge in [-0.3, -0.25) is 14.2 Å². The van der Waals surface area contributed by atoms with Crippen LogP contribution in [0.4, 0.5) is 13.2 Å². The molecule has 5 nitrogen and oxygen atoms in total. The zero-order chi connectivity index (χ0) is 20.6. The highest BCUT2D eigenvalue weighted by molar-refractivity contribution is 6.31. The molecule has 0 unspecified atom stereocenters. The van der Waals surface area contributed by atoms with Gasteiger partial charge in [0.2, 0.25) is 0 Å². The Labute approximate surface area is 162 Å². The summed E-state index contributed by atoms with van der Waals surface area (Å²) >= 11 is 5.95. The number of carbonyl (C=O) groups is 1. The van der Waals surface area contributed by atoms with Gasteiger partial charge in [0.15, 0.2) is 0 Å². The molecule has 0 bridgehead atoms. The molecule has 1 atom stereocenters. The van der Waals surface area contributed by atoms with Gasteiger partial charge < -0.3 is 5.32 Å². The number of halogens is 4. The Morgan fingerprint density at radius 2 is 1.93 bits per heavy atom. The van der Waals surface area contributed by atoms with E-state index in [0.717, 1.165) is 18.2 Å². The first kappa shape index (κ1) is 19.9. The van der Waals surface area contributed by atoms with E-state index in [1.807, 2.05) is 0 Å². The predicted octanol–water partition coefficient (Wildman–Crippen LogP) is 4.10. The van der Waals surface area contributed by atoms with Crippen LogP contribution in [-0.4, -0.2) is 15.5 Å². The van der Waals surface area contributed by atoms with Crippen LogP contribution in [0.25, 0.3) is 10.9 Å². The van der Waals surface area contributed by atoms with E-state index in [9.17, 15) is 22.8 Å². The Balaban J connectivity index is 1.93. The fourth-order valence-electron chi connectivity index (χ4n) is 2.83. The first-order chi connectivity index (χ1) is 13.1. The van der Waals surface area contributed by atoms with Crippen molar-refractivity contribution in [3.05, 3.63) is 74.8 Å². The Kier molecular flexibility index (Phi) is 5.16. The highest BCUT2D eigenvalue weighted by Gasteiger charge is 2.31. The molecule has 28 heavy (non-hydrogen) atoms. The lowest BCUT2D eigenvalue weighted by atomic mass is 10.1. The van der Waals surface area contributed by atoms with E-state index in [-0.39, 0.29) is 16.9 Å². The van der Waals surface area contributed by atoms with E-state index in [4.69, 9.17) is 11.6 Å². The van der Waals surface area contributed by atoms with Crippen LogP contribution in [0, 0.1) is 0 Å². The van der Waals surface area contributed by atoms with Crippen molar-refractivity contribution in [2.24, 2.45) is 7.05 Å². The SMILES string of the molecule is C[C@H](NC(=O)c1cccc(C(F)(F)F)c1)c1nc2cc(Cl)ccc2c(=O)n1C. The molecule has 2 aromatic carbocycles. The van der Waals surface area contributed by atoms with Gasteiger partial charge in [-0.1, -0.05) is 17.7 Å². The average molecular weight is 410 g/mol.